The number of benzene rings is 1. The number of halogens is 2. The van der Waals surface area contributed by atoms with Crippen LogP contribution < -0.4 is 0 Å². The first-order valence-corrected chi connectivity index (χ1v) is 8.19. The molecule has 8 heteroatoms. The fraction of sp³-hybridized carbons (Fsp3) is 0.462. The van der Waals surface area contributed by atoms with Gasteiger partial charge in [0.1, 0.15) is 11.4 Å². The van der Waals surface area contributed by atoms with Gasteiger partial charge in [-0.15, -0.1) is 0 Å². The predicted molar refractivity (Wildman–Crippen MR) is 75.6 cm³/mol. The van der Waals surface area contributed by atoms with Gasteiger partial charge < -0.3 is 4.74 Å². The lowest BCUT2D eigenvalue weighted by Gasteiger charge is -2.30. The van der Waals surface area contributed by atoms with Crippen molar-refractivity contribution in [2.45, 2.75) is 17.7 Å². The average Bonchev–Trinajstić information content (AvgIpc) is 2.91. The van der Waals surface area contributed by atoms with E-state index in [1.807, 2.05) is 6.07 Å². The monoisotopic (exact) mass is 332 g/mol. The molecule has 1 heterocycles. The quantitative estimate of drug-likeness (QED) is 0.844. The standard InChI is InChI=1S/C13H14ClFN2O3S/c1-17(13(8-16)4-5-20-9-13)21(18,19)7-10-6-11(14)2-3-12(10)15/h2-3,6H,4-5,7,9H2,1H3/t13-/m1/s1. The Labute approximate surface area is 127 Å². The van der Waals surface area contributed by atoms with E-state index in [1.165, 1.54) is 19.2 Å². The number of hydrogen-bond donors (Lipinski definition) is 0. The summed E-state index contributed by atoms with van der Waals surface area (Å²) in [7, 11) is -2.56. The van der Waals surface area contributed by atoms with Crippen LogP contribution in [0.25, 0.3) is 0 Å². The number of ether oxygens (including phenoxy) is 1. The number of nitrogens with zero attached hydrogens (tertiary/aromatic N) is 2. The molecule has 0 amide bonds. The van der Waals surface area contributed by atoms with Crippen molar-refractivity contribution in [3.05, 3.63) is 34.6 Å². The Morgan fingerprint density at radius 2 is 2.29 bits per heavy atom. The fourth-order valence-electron chi connectivity index (χ4n) is 2.17. The first-order valence-electron chi connectivity index (χ1n) is 6.20. The predicted octanol–water partition coefficient (Wildman–Crippen LogP) is 1.92. The molecule has 0 radical (unpaired) electrons. The first-order chi connectivity index (χ1) is 9.81. The summed E-state index contributed by atoms with van der Waals surface area (Å²) in [6.07, 6.45) is 0.289. The zero-order valence-electron chi connectivity index (χ0n) is 11.3. The van der Waals surface area contributed by atoms with Crippen LogP contribution in [0.1, 0.15) is 12.0 Å². The second-order valence-corrected chi connectivity index (χ2v) is 7.34. The molecule has 0 aliphatic carbocycles. The topological polar surface area (TPSA) is 70.4 Å². The molecular formula is C13H14ClFN2O3S. The van der Waals surface area contributed by atoms with Gasteiger partial charge in [-0.25, -0.2) is 12.8 Å². The van der Waals surface area contributed by atoms with Crippen molar-refractivity contribution in [2.75, 3.05) is 20.3 Å². The van der Waals surface area contributed by atoms with Gasteiger partial charge in [0.05, 0.1) is 18.4 Å². The van der Waals surface area contributed by atoms with Gasteiger partial charge in [-0.1, -0.05) is 11.6 Å². The summed E-state index contributed by atoms with van der Waals surface area (Å²) >= 11 is 5.76. The van der Waals surface area contributed by atoms with Crippen LogP contribution in [-0.4, -0.2) is 38.5 Å². The number of hydrogen-bond acceptors (Lipinski definition) is 4. The third kappa shape index (κ3) is 3.19. The SMILES string of the molecule is CN([C@@]1(C#N)CCOC1)S(=O)(=O)Cc1cc(Cl)ccc1F. The van der Waals surface area contributed by atoms with E-state index in [9.17, 15) is 18.1 Å². The average molecular weight is 333 g/mol. The highest BCUT2D eigenvalue weighted by molar-refractivity contribution is 7.88. The summed E-state index contributed by atoms with van der Waals surface area (Å²) in [6, 6.07) is 5.73. The lowest BCUT2D eigenvalue weighted by atomic mass is 10.0. The Morgan fingerprint density at radius 1 is 1.57 bits per heavy atom. The van der Waals surface area contributed by atoms with Crippen molar-refractivity contribution < 1.29 is 17.5 Å². The number of likely N-dealkylation sites (N-methyl/N-ethyl adjacent to an activating group) is 1. The molecule has 1 aromatic carbocycles. The van der Waals surface area contributed by atoms with Crippen LogP contribution in [0.4, 0.5) is 4.39 Å². The molecule has 0 unspecified atom stereocenters. The molecule has 1 saturated heterocycles. The normalized spacial score (nSPS) is 22.4. The van der Waals surface area contributed by atoms with Crippen LogP contribution in [0.15, 0.2) is 18.2 Å². The molecule has 5 nitrogen and oxygen atoms in total. The smallest absolute Gasteiger partial charge is 0.219 e. The Bertz CT molecular complexity index is 681. The molecule has 0 spiro atoms. The van der Waals surface area contributed by atoms with Gasteiger partial charge in [0.15, 0.2) is 0 Å². The van der Waals surface area contributed by atoms with Gasteiger partial charge in [0, 0.05) is 30.7 Å². The maximum atomic E-state index is 13.7. The largest absolute Gasteiger partial charge is 0.378 e. The molecule has 21 heavy (non-hydrogen) atoms. The zero-order valence-corrected chi connectivity index (χ0v) is 12.9. The van der Waals surface area contributed by atoms with Crippen LogP contribution >= 0.6 is 11.6 Å². The van der Waals surface area contributed by atoms with Gasteiger partial charge in [0.2, 0.25) is 10.0 Å². The summed E-state index contributed by atoms with van der Waals surface area (Å²) in [5, 5.41) is 9.54. The molecule has 0 aromatic heterocycles. The van der Waals surface area contributed by atoms with E-state index in [0.29, 0.717) is 6.61 Å². The number of rotatable bonds is 4. The van der Waals surface area contributed by atoms with Crippen molar-refractivity contribution >= 4 is 21.6 Å². The molecule has 0 bridgehead atoms. The summed E-state index contributed by atoms with van der Waals surface area (Å²) in [4.78, 5) is 0. The van der Waals surface area contributed by atoms with Gasteiger partial charge in [0.25, 0.3) is 0 Å². The van der Waals surface area contributed by atoms with E-state index in [2.05, 4.69) is 0 Å². The molecule has 114 valence electrons. The Balaban J connectivity index is 2.30. The molecule has 1 aliphatic rings. The van der Waals surface area contributed by atoms with Gasteiger partial charge in [-0.3, -0.25) is 0 Å². The Hall–Kier alpha value is -1.20. The van der Waals surface area contributed by atoms with E-state index in [4.69, 9.17) is 16.3 Å². The second kappa shape index (κ2) is 5.89. The summed E-state index contributed by atoms with van der Waals surface area (Å²) in [6.45, 7) is 0.330. The second-order valence-electron chi connectivity index (χ2n) is 4.91. The molecule has 1 aromatic rings. The third-order valence-electron chi connectivity index (χ3n) is 3.57. The van der Waals surface area contributed by atoms with E-state index in [0.717, 1.165) is 10.4 Å². The molecule has 0 N–H and O–H groups in total. The molecule has 1 fully saturated rings. The van der Waals surface area contributed by atoms with Gasteiger partial charge >= 0.3 is 0 Å². The third-order valence-corrected chi connectivity index (χ3v) is 5.67. The van der Waals surface area contributed by atoms with Crippen molar-refractivity contribution in [2.24, 2.45) is 0 Å². The van der Waals surface area contributed by atoms with Crippen molar-refractivity contribution in [1.29, 1.82) is 5.26 Å². The minimum Gasteiger partial charge on any atom is -0.378 e. The Kier molecular flexibility index (Phi) is 4.54. The summed E-state index contributed by atoms with van der Waals surface area (Å²) < 4.78 is 44.7. The van der Waals surface area contributed by atoms with Crippen molar-refractivity contribution in [3.8, 4) is 6.07 Å². The molecule has 1 atom stereocenters. The van der Waals surface area contributed by atoms with Crippen LogP contribution in [0, 0.1) is 17.1 Å². The molecular weight excluding hydrogens is 319 g/mol. The number of nitriles is 1. The molecule has 1 aliphatic heterocycles. The molecule has 0 saturated carbocycles. The zero-order chi connectivity index (χ0) is 15.7. The van der Waals surface area contributed by atoms with Gasteiger partial charge in [-0.05, 0) is 18.2 Å². The van der Waals surface area contributed by atoms with E-state index in [-0.39, 0.29) is 23.6 Å². The van der Waals surface area contributed by atoms with Crippen molar-refractivity contribution in [3.63, 3.8) is 0 Å². The minimum absolute atomic E-state index is 0.0112. The van der Waals surface area contributed by atoms with E-state index < -0.39 is 27.1 Å². The Morgan fingerprint density at radius 3 is 2.86 bits per heavy atom. The summed E-state index contributed by atoms with van der Waals surface area (Å²) in [5.74, 6) is -1.20. The lowest BCUT2D eigenvalue weighted by Crippen LogP contribution is -2.49. The maximum absolute atomic E-state index is 13.7. The van der Waals surface area contributed by atoms with Crippen LogP contribution in [0.2, 0.25) is 5.02 Å². The highest BCUT2D eigenvalue weighted by Crippen LogP contribution is 2.29. The minimum atomic E-state index is -3.87. The maximum Gasteiger partial charge on any atom is 0.219 e. The van der Waals surface area contributed by atoms with E-state index in [1.54, 1.807) is 0 Å². The lowest BCUT2D eigenvalue weighted by molar-refractivity contribution is 0.162. The van der Waals surface area contributed by atoms with Gasteiger partial charge in [-0.2, -0.15) is 9.57 Å². The fourth-order valence-corrected chi connectivity index (χ4v) is 3.89. The van der Waals surface area contributed by atoms with E-state index >= 15 is 0 Å². The highest BCUT2D eigenvalue weighted by Gasteiger charge is 2.44. The number of sulfonamides is 1. The van der Waals surface area contributed by atoms with Crippen LogP contribution in [-0.2, 0) is 20.5 Å². The van der Waals surface area contributed by atoms with Crippen molar-refractivity contribution in [1.82, 2.24) is 4.31 Å². The first kappa shape index (κ1) is 16.2. The summed E-state index contributed by atoms with van der Waals surface area (Å²) in [5.41, 5.74) is -1.25. The molecule has 2 rings (SSSR count). The van der Waals surface area contributed by atoms with Crippen LogP contribution in [0.5, 0.6) is 0 Å². The highest BCUT2D eigenvalue weighted by atomic mass is 35.5. The van der Waals surface area contributed by atoms with Crippen LogP contribution in [0.3, 0.4) is 0 Å².